The lowest BCUT2D eigenvalue weighted by molar-refractivity contribution is -0.136. The van der Waals surface area contributed by atoms with Crippen LogP contribution in [0.15, 0.2) is 23.0 Å². The first kappa shape index (κ1) is 13.1. The quantitative estimate of drug-likeness (QED) is 0.786. The van der Waals surface area contributed by atoms with Gasteiger partial charge < -0.3 is 5.11 Å². The number of carboxylic acids is 1. The zero-order valence-electron chi connectivity index (χ0n) is 10.9. The molecule has 0 aliphatic rings. The van der Waals surface area contributed by atoms with Crippen LogP contribution in [0.3, 0.4) is 0 Å². The van der Waals surface area contributed by atoms with Crippen LogP contribution in [0.1, 0.15) is 23.1 Å². The third kappa shape index (κ3) is 2.76. The molecule has 0 aliphatic heterocycles. The molecule has 0 aliphatic carbocycles. The molecule has 3 N–H and O–H groups in total. The summed E-state index contributed by atoms with van der Waals surface area (Å²) in [5, 5.41) is 14.1. The summed E-state index contributed by atoms with van der Waals surface area (Å²) in [4.78, 5) is 22.4. The Balaban J connectivity index is 2.48. The Bertz CT molecular complexity index is 668. The lowest BCUT2D eigenvalue weighted by atomic mass is 9.98. The van der Waals surface area contributed by atoms with E-state index in [-0.39, 0.29) is 18.4 Å². The summed E-state index contributed by atoms with van der Waals surface area (Å²) >= 11 is 0. The third-order valence-electron chi connectivity index (χ3n) is 3.13. The topological polar surface area (TPSA) is 86.0 Å². The molecule has 0 radical (unpaired) electrons. The van der Waals surface area contributed by atoms with Gasteiger partial charge in [-0.25, -0.2) is 0 Å². The number of nitrogens with one attached hydrogen (secondary N) is 2. The second kappa shape index (κ2) is 5.14. The van der Waals surface area contributed by atoms with Crippen molar-refractivity contribution in [2.75, 3.05) is 0 Å². The number of aryl methyl sites for hydroxylation is 2. The maximum atomic E-state index is 11.7. The van der Waals surface area contributed by atoms with Gasteiger partial charge in [-0.3, -0.25) is 19.8 Å². The van der Waals surface area contributed by atoms with Crippen LogP contribution in [0.2, 0.25) is 0 Å². The number of hydrogen-bond acceptors (Lipinski definition) is 2. The van der Waals surface area contributed by atoms with E-state index in [1.807, 2.05) is 32.0 Å². The molecule has 0 unspecified atom stereocenters. The van der Waals surface area contributed by atoms with Crippen molar-refractivity contribution >= 4 is 5.97 Å². The van der Waals surface area contributed by atoms with Crippen molar-refractivity contribution in [1.82, 2.24) is 10.2 Å². The molecule has 1 heterocycles. The highest BCUT2D eigenvalue weighted by Gasteiger charge is 2.14. The van der Waals surface area contributed by atoms with E-state index in [0.717, 1.165) is 16.7 Å². The maximum absolute atomic E-state index is 11.7. The molecule has 5 nitrogen and oxygen atoms in total. The summed E-state index contributed by atoms with van der Waals surface area (Å²) in [5.74, 6) is -0.910. The first-order valence-corrected chi connectivity index (χ1v) is 6.08. The van der Waals surface area contributed by atoms with E-state index in [0.29, 0.717) is 11.3 Å². The molecule has 5 heteroatoms. The molecular formula is C14H16N2O3. The van der Waals surface area contributed by atoms with Gasteiger partial charge in [-0.15, -0.1) is 0 Å². The zero-order valence-corrected chi connectivity index (χ0v) is 10.9. The number of aromatic nitrogens is 2. The van der Waals surface area contributed by atoms with Crippen LogP contribution in [-0.4, -0.2) is 21.3 Å². The van der Waals surface area contributed by atoms with Gasteiger partial charge in [0.2, 0.25) is 0 Å². The molecule has 1 aromatic heterocycles. The van der Waals surface area contributed by atoms with Crippen LogP contribution >= 0.6 is 0 Å². The smallest absolute Gasteiger partial charge is 0.303 e. The minimum absolute atomic E-state index is 0.0567. The Morgan fingerprint density at radius 1 is 1.26 bits per heavy atom. The largest absolute Gasteiger partial charge is 0.481 e. The predicted octanol–water partition coefficient (Wildman–Crippen LogP) is 2.00. The maximum Gasteiger partial charge on any atom is 0.303 e. The lowest BCUT2D eigenvalue weighted by Gasteiger charge is -2.07. The number of carbonyl (C=O) groups is 1. The van der Waals surface area contributed by atoms with Gasteiger partial charge in [0, 0.05) is 17.5 Å². The molecule has 0 atom stereocenters. The second-order valence-corrected chi connectivity index (χ2v) is 4.64. The van der Waals surface area contributed by atoms with Crippen LogP contribution in [0.4, 0.5) is 0 Å². The standard InChI is InChI=1S/C14H16N2O3/c1-8-3-4-9(2)11(7-8)13-10(5-6-12(17)18)14(19)16-15-13/h3-4,7H,5-6H2,1-2H3,(H,17,18)(H2,15,16,19). The average Bonchev–Trinajstić information content (AvgIpc) is 2.71. The molecule has 0 bridgehead atoms. The molecule has 0 fully saturated rings. The van der Waals surface area contributed by atoms with Crippen molar-refractivity contribution in [3.63, 3.8) is 0 Å². The van der Waals surface area contributed by atoms with Crippen molar-refractivity contribution in [3.05, 3.63) is 45.2 Å². The molecule has 0 spiro atoms. The minimum Gasteiger partial charge on any atom is -0.481 e. The number of hydrogen-bond donors (Lipinski definition) is 3. The highest BCUT2D eigenvalue weighted by atomic mass is 16.4. The van der Waals surface area contributed by atoms with Gasteiger partial charge in [-0.05, 0) is 31.9 Å². The molecular weight excluding hydrogens is 244 g/mol. The second-order valence-electron chi connectivity index (χ2n) is 4.64. The summed E-state index contributed by atoms with van der Waals surface area (Å²) in [7, 11) is 0. The fourth-order valence-electron chi connectivity index (χ4n) is 2.09. The molecule has 0 saturated carbocycles. The van der Waals surface area contributed by atoms with Gasteiger partial charge in [-0.2, -0.15) is 0 Å². The van der Waals surface area contributed by atoms with E-state index in [1.54, 1.807) is 0 Å². The Morgan fingerprint density at radius 2 is 2.00 bits per heavy atom. The molecule has 2 rings (SSSR count). The van der Waals surface area contributed by atoms with Crippen molar-refractivity contribution < 1.29 is 9.90 Å². The number of aromatic amines is 2. The monoisotopic (exact) mass is 260 g/mol. The number of aliphatic carboxylic acids is 1. The van der Waals surface area contributed by atoms with Gasteiger partial charge in [0.25, 0.3) is 5.56 Å². The SMILES string of the molecule is Cc1ccc(C)c(-c2[nH][nH]c(=O)c2CCC(=O)O)c1. The number of rotatable bonds is 4. The Morgan fingerprint density at radius 3 is 2.68 bits per heavy atom. The first-order valence-electron chi connectivity index (χ1n) is 6.08. The fraction of sp³-hybridized carbons (Fsp3) is 0.286. The van der Waals surface area contributed by atoms with Crippen LogP contribution < -0.4 is 5.56 Å². The summed E-state index contributed by atoms with van der Waals surface area (Å²) < 4.78 is 0. The van der Waals surface area contributed by atoms with E-state index in [4.69, 9.17) is 5.11 Å². The van der Waals surface area contributed by atoms with E-state index in [2.05, 4.69) is 10.2 Å². The molecule has 0 amide bonds. The highest BCUT2D eigenvalue weighted by molar-refractivity contribution is 5.70. The van der Waals surface area contributed by atoms with E-state index in [9.17, 15) is 9.59 Å². The zero-order chi connectivity index (χ0) is 14.0. The first-order chi connectivity index (χ1) is 8.99. The van der Waals surface area contributed by atoms with Crippen molar-refractivity contribution in [3.8, 4) is 11.3 Å². The van der Waals surface area contributed by atoms with Gasteiger partial charge in [-0.1, -0.05) is 17.7 Å². The molecule has 2 aromatic rings. The Labute approximate surface area is 110 Å². The van der Waals surface area contributed by atoms with Gasteiger partial charge in [0.1, 0.15) is 0 Å². The summed E-state index contributed by atoms with van der Waals surface area (Å²) in [6.45, 7) is 3.94. The summed E-state index contributed by atoms with van der Waals surface area (Å²) in [5.41, 5.74) is 3.99. The van der Waals surface area contributed by atoms with Gasteiger partial charge >= 0.3 is 5.97 Å². The normalized spacial score (nSPS) is 10.6. The third-order valence-corrected chi connectivity index (χ3v) is 3.13. The molecule has 1 aromatic carbocycles. The van der Waals surface area contributed by atoms with E-state index in [1.165, 1.54) is 0 Å². The molecule has 0 saturated heterocycles. The fourth-order valence-corrected chi connectivity index (χ4v) is 2.09. The number of carboxylic acid groups (broad SMARTS) is 1. The van der Waals surface area contributed by atoms with Gasteiger partial charge in [0.15, 0.2) is 0 Å². The lowest BCUT2D eigenvalue weighted by Crippen LogP contribution is -2.09. The van der Waals surface area contributed by atoms with Crippen LogP contribution in [0.5, 0.6) is 0 Å². The van der Waals surface area contributed by atoms with E-state index >= 15 is 0 Å². The average molecular weight is 260 g/mol. The van der Waals surface area contributed by atoms with Gasteiger partial charge in [0.05, 0.1) is 5.69 Å². The van der Waals surface area contributed by atoms with Crippen LogP contribution in [0, 0.1) is 13.8 Å². The van der Waals surface area contributed by atoms with Crippen molar-refractivity contribution in [2.24, 2.45) is 0 Å². The summed E-state index contributed by atoms with van der Waals surface area (Å²) in [6, 6.07) is 5.97. The summed E-state index contributed by atoms with van der Waals surface area (Å²) in [6.07, 6.45) is 0.162. The Kier molecular flexibility index (Phi) is 3.55. The van der Waals surface area contributed by atoms with Crippen LogP contribution in [0.25, 0.3) is 11.3 Å². The highest BCUT2D eigenvalue weighted by Crippen LogP contribution is 2.24. The van der Waals surface area contributed by atoms with Crippen molar-refractivity contribution in [2.45, 2.75) is 26.7 Å². The number of H-pyrrole nitrogens is 2. The molecule has 19 heavy (non-hydrogen) atoms. The number of benzene rings is 1. The minimum atomic E-state index is -0.910. The molecule has 100 valence electrons. The van der Waals surface area contributed by atoms with Crippen LogP contribution in [-0.2, 0) is 11.2 Å². The van der Waals surface area contributed by atoms with E-state index < -0.39 is 5.97 Å². The van der Waals surface area contributed by atoms with Crippen molar-refractivity contribution in [1.29, 1.82) is 0 Å². The predicted molar refractivity (Wildman–Crippen MR) is 72.3 cm³/mol. The Hall–Kier alpha value is -2.30.